The Labute approximate surface area is 89.8 Å². The van der Waals surface area contributed by atoms with E-state index in [0.717, 1.165) is 0 Å². The number of hydrogen-bond acceptors (Lipinski definition) is 0. The predicted molar refractivity (Wildman–Crippen MR) is 46.0 cm³/mol. The van der Waals surface area contributed by atoms with E-state index in [1.54, 1.807) is 0 Å². The van der Waals surface area contributed by atoms with Crippen LogP contribution in [0.25, 0.3) is 0 Å². The monoisotopic (exact) mass is 196 g/mol. The highest BCUT2D eigenvalue weighted by Gasteiger charge is 0.317. The van der Waals surface area contributed by atoms with E-state index in [1.807, 2.05) is 0 Å². The predicted octanol–water partition coefficient (Wildman–Crippen LogP) is -8.43. The molecule has 0 fully saturated rings. The molecule has 0 saturated carbocycles. The zero-order valence-electron chi connectivity index (χ0n) is 4.00. The van der Waals surface area contributed by atoms with Crippen LogP contribution in [0.1, 0.15) is 0 Å². The van der Waals surface area contributed by atoms with Gasteiger partial charge in [-0.2, -0.15) is 0 Å². The van der Waals surface area contributed by atoms with Crippen molar-refractivity contribution >= 4 is 46.1 Å². The topological polar surface area (TPSA) is 252 Å². The van der Waals surface area contributed by atoms with Crippen LogP contribution in [-0.4, -0.2) is 89.9 Å². The van der Waals surface area contributed by atoms with Crippen LogP contribution in [0.15, 0.2) is 0 Å². The highest BCUT2D eigenvalue weighted by atomic mass is 24.3. The quantitative estimate of drug-likeness (QED) is 0.327. The molecule has 0 spiro atoms. The molecule has 0 rings (SSSR count). The molecule has 0 aromatic heterocycles. The van der Waals surface area contributed by atoms with Crippen molar-refractivity contribution in [3.63, 3.8) is 0 Å². The van der Waals surface area contributed by atoms with Gasteiger partial charge in [-0.25, -0.2) is 0 Å². The van der Waals surface area contributed by atoms with Gasteiger partial charge < -0.3 is 43.8 Å². The average molecular weight is 197 g/mol. The van der Waals surface area contributed by atoms with Crippen molar-refractivity contribution in [3.8, 4) is 0 Å². The van der Waals surface area contributed by atoms with Crippen LogP contribution in [0, 0.1) is 0 Å². The standard InChI is InChI=1S/2Mg.8H2O.4H/h;;8*1H2;;;;. The zero-order valence-corrected chi connectivity index (χ0v) is 4.00. The minimum atomic E-state index is 0. The lowest BCUT2D eigenvalue weighted by Crippen LogP contribution is -0.382. The summed E-state index contributed by atoms with van der Waals surface area (Å²) >= 11 is 0. The second kappa shape index (κ2) is 590. The van der Waals surface area contributed by atoms with Gasteiger partial charge in [0.15, 0.2) is 0 Å². The minimum Gasteiger partial charge on any atom is -0.412 e. The molecule has 0 radical (unpaired) electrons. The first-order valence-electron chi connectivity index (χ1n) is 0. The molecule has 0 aromatic rings. The Hall–Kier alpha value is 1.21. The van der Waals surface area contributed by atoms with Crippen LogP contribution < -0.4 is 0 Å². The summed E-state index contributed by atoms with van der Waals surface area (Å²) in [6.07, 6.45) is 0. The van der Waals surface area contributed by atoms with Gasteiger partial charge >= 0.3 is 46.1 Å². The molecule has 0 aliphatic carbocycles. The van der Waals surface area contributed by atoms with Gasteiger partial charge in [0.2, 0.25) is 0 Å². The fourth-order valence-corrected chi connectivity index (χ4v) is 0. The van der Waals surface area contributed by atoms with E-state index in [9.17, 15) is 0 Å². The molecule has 72 valence electrons. The summed E-state index contributed by atoms with van der Waals surface area (Å²) < 4.78 is 0. The highest BCUT2D eigenvalue weighted by Crippen LogP contribution is -0.282. The normalized spacial score (nSPS) is 0. The first-order chi connectivity index (χ1) is 0. The van der Waals surface area contributed by atoms with Crippen LogP contribution in [-0.2, 0) is 0 Å². The van der Waals surface area contributed by atoms with Crippen molar-refractivity contribution in [1.82, 2.24) is 0 Å². The number of rotatable bonds is 0. The second-order valence-corrected chi connectivity index (χ2v) is 0. The Morgan fingerprint density at radius 2 is 0.200 bits per heavy atom. The van der Waals surface area contributed by atoms with Gasteiger partial charge in [-0.15, -0.1) is 0 Å². The van der Waals surface area contributed by atoms with Crippen molar-refractivity contribution in [2.24, 2.45) is 0 Å². The van der Waals surface area contributed by atoms with E-state index < -0.39 is 0 Å². The van der Waals surface area contributed by atoms with Crippen LogP contribution in [0.5, 0.6) is 0 Å². The molecule has 0 aromatic carbocycles. The van der Waals surface area contributed by atoms with Crippen molar-refractivity contribution < 1.29 is 43.8 Å². The molecule has 0 atom stereocenters. The lowest BCUT2D eigenvalue weighted by Gasteiger charge is -0.413. The van der Waals surface area contributed by atoms with E-state index in [4.69, 9.17) is 0 Å². The Bertz CT molecular complexity index is 7.22. The van der Waals surface area contributed by atoms with Gasteiger partial charge in [-0.05, 0) is 0 Å². The first-order valence-corrected chi connectivity index (χ1v) is 0. The summed E-state index contributed by atoms with van der Waals surface area (Å²) in [5.41, 5.74) is 0. The first kappa shape index (κ1) is 795. The van der Waals surface area contributed by atoms with Crippen molar-refractivity contribution in [3.05, 3.63) is 0 Å². The minimum absolute atomic E-state index is 0. The van der Waals surface area contributed by atoms with E-state index in [0.29, 0.717) is 0 Å². The van der Waals surface area contributed by atoms with Crippen LogP contribution in [0.2, 0.25) is 0 Å². The van der Waals surface area contributed by atoms with Crippen LogP contribution >= 0.6 is 0 Å². The van der Waals surface area contributed by atoms with Gasteiger partial charge in [0, 0.05) is 0 Å². The molecule has 8 nitrogen and oxygen atoms in total. The van der Waals surface area contributed by atoms with E-state index in [1.165, 1.54) is 0 Å². The van der Waals surface area contributed by atoms with Gasteiger partial charge in [-0.3, -0.25) is 0 Å². The molecule has 0 bridgehead atoms. The summed E-state index contributed by atoms with van der Waals surface area (Å²) in [7, 11) is 0. The summed E-state index contributed by atoms with van der Waals surface area (Å²) in [6, 6.07) is 0. The van der Waals surface area contributed by atoms with Crippen LogP contribution in [0.3, 0.4) is 0 Å². The SMILES string of the molecule is O.O.O.O.O.O.O.O.[MgH2].[MgH2]. The van der Waals surface area contributed by atoms with Crippen molar-refractivity contribution in [2.75, 3.05) is 0 Å². The van der Waals surface area contributed by atoms with Crippen molar-refractivity contribution in [1.29, 1.82) is 0 Å². The van der Waals surface area contributed by atoms with E-state index in [2.05, 4.69) is 0 Å². The third-order valence-electron chi connectivity index (χ3n) is 0. The fraction of sp³-hybridized carbons (Fsp3) is 0. The molecule has 0 aliphatic heterocycles. The smallest absolute Gasteiger partial charge is 0.316 e. The summed E-state index contributed by atoms with van der Waals surface area (Å²) in [5, 5.41) is 0. The molecular formula is H20Mg2O8. The Balaban J connectivity index is 0. The lowest BCUT2D eigenvalue weighted by molar-refractivity contribution is 0.823. The van der Waals surface area contributed by atoms with E-state index in [-0.39, 0.29) is 89.9 Å². The highest BCUT2D eigenvalue weighted by molar-refractivity contribution is 5.76. The Morgan fingerprint density at radius 1 is 0.200 bits per heavy atom. The maximum Gasteiger partial charge on any atom is 0.316 e. The molecule has 0 unspecified atom stereocenters. The van der Waals surface area contributed by atoms with Gasteiger partial charge in [0.25, 0.3) is 0 Å². The fourth-order valence-electron chi connectivity index (χ4n) is 0. The molecule has 0 amide bonds. The maximum atomic E-state index is 0. The van der Waals surface area contributed by atoms with Gasteiger partial charge in [0.1, 0.15) is 0 Å². The molecule has 0 aliphatic rings. The second-order valence-electron chi connectivity index (χ2n) is 0. The maximum absolute atomic E-state index is 0. The largest absolute Gasteiger partial charge is 0.412 e. The molecule has 10 heavy (non-hydrogen) atoms. The third kappa shape index (κ3) is 423. The third-order valence-corrected chi connectivity index (χ3v) is 0. The molecule has 10 heteroatoms. The molecule has 16 N–H and O–H groups in total. The number of hydrogen-bond donors (Lipinski definition) is 0. The van der Waals surface area contributed by atoms with Crippen LogP contribution in [0.4, 0.5) is 0 Å². The average Bonchev–Trinajstić information content (AvgIpc) is 0. The van der Waals surface area contributed by atoms with Gasteiger partial charge in [-0.1, -0.05) is 0 Å². The summed E-state index contributed by atoms with van der Waals surface area (Å²) in [5.74, 6) is 0. The summed E-state index contributed by atoms with van der Waals surface area (Å²) in [4.78, 5) is 0. The Morgan fingerprint density at radius 3 is 0.200 bits per heavy atom. The van der Waals surface area contributed by atoms with Crippen molar-refractivity contribution in [2.45, 2.75) is 0 Å². The lowest BCUT2D eigenvalue weighted by atomic mass is 16.0. The Kier molecular flexibility index (Phi) is 46900. The summed E-state index contributed by atoms with van der Waals surface area (Å²) in [6.45, 7) is 0. The zero-order chi connectivity index (χ0) is 0. The molecule has 0 heterocycles. The molecular weight excluding hydrogens is 177 g/mol. The molecule has 0 saturated heterocycles. The van der Waals surface area contributed by atoms with Gasteiger partial charge in [0.05, 0.1) is 0 Å². The van der Waals surface area contributed by atoms with E-state index >= 15 is 0 Å².